The zero-order chi connectivity index (χ0) is 12.4. The molecule has 3 heteroatoms. The van der Waals surface area contributed by atoms with Crippen LogP contribution < -0.4 is 10.5 Å². The van der Waals surface area contributed by atoms with Crippen LogP contribution in [0.1, 0.15) is 0 Å². The van der Waals surface area contributed by atoms with Crippen LogP contribution in [0.2, 0.25) is 0 Å². The average Bonchev–Trinajstić information content (AvgIpc) is 2.42. The zero-order valence-electron chi connectivity index (χ0n) is 9.71. The molecule has 1 aromatic heterocycles. The highest BCUT2D eigenvalue weighted by molar-refractivity contribution is 5.88. The monoisotopic (exact) mass is 236 g/mol. The lowest BCUT2D eigenvalue weighted by molar-refractivity contribution is 0.488. The van der Waals surface area contributed by atoms with Crippen molar-refractivity contribution in [2.75, 3.05) is 5.73 Å². The van der Waals surface area contributed by atoms with Crippen LogP contribution in [0.3, 0.4) is 0 Å². The first-order chi connectivity index (χ1) is 8.84. The molecule has 3 aromatic rings. The number of pyridine rings is 1. The largest absolute Gasteiger partial charge is 0.453 e. The van der Waals surface area contributed by atoms with Crippen LogP contribution in [-0.2, 0) is 0 Å². The van der Waals surface area contributed by atoms with E-state index in [0.29, 0.717) is 11.4 Å². The Kier molecular flexibility index (Phi) is 2.57. The molecule has 2 aromatic carbocycles. The molecule has 0 aliphatic rings. The Bertz CT molecular complexity index is 689. The molecule has 1 heterocycles. The van der Waals surface area contributed by atoms with Crippen molar-refractivity contribution in [3.05, 3.63) is 60.9 Å². The van der Waals surface area contributed by atoms with Crippen molar-refractivity contribution in [1.82, 2.24) is 4.98 Å². The molecule has 0 saturated carbocycles. The predicted octanol–water partition coefficient (Wildman–Crippen LogP) is 3.61. The van der Waals surface area contributed by atoms with Crippen LogP contribution in [0.15, 0.2) is 60.9 Å². The normalized spacial score (nSPS) is 10.4. The summed E-state index contributed by atoms with van der Waals surface area (Å²) in [6.07, 6.45) is 3.27. The number of nitrogens with two attached hydrogens (primary N) is 1. The first-order valence-electron chi connectivity index (χ1n) is 5.70. The second-order valence-corrected chi connectivity index (χ2v) is 3.99. The Morgan fingerprint density at radius 2 is 1.72 bits per heavy atom. The molecule has 88 valence electrons. The first kappa shape index (κ1) is 10.6. The molecule has 0 spiro atoms. The lowest BCUT2D eigenvalue weighted by Crippen LogP contribution is -1.93. The minimum absolute atomic E-state index is 0.578. The van der Waals surface area contributed by atoms with Crippen molar-refractivity contribution in [1.29, 1.82) is 0 Å². The number of hydrogen-bond acceptors (Lipinski definition) is 3. The van der Waals surface area contributed by atoms with Gasteiger partial charge in [0.2, 0.25) is 0 Å². The van der Waals surface area contributed by atoms with Crippen molar-refractivity contribution in [3.8, 4) is 11.5 Å². The van der Waals surface area contributed by atoms with E-state index in [1.807, 2.05) is 30.3 Å². The lowest BCUT2D eigenvalue weighted by Gasteiger charge is -2.10. The van der Waals surface area contributed by atoms with Crippen molar-refractivity contribution >= 4 is 16.5 Å². The SMILES string of the molecule is Nc1ccncc1Oc1cccc2ccccc12. The zero-order valence-corrected chi connectivity index (χ0v) is 9.71. The van der Waals surface area contributed by atoms with Gasteiger partial charge in [-0.25, -0.2) is 0 Å². The summed E-state index contributed by atoms with van der Waals surface area (Å²) in [5, 5.41) is 2.20. The Hall–Kier alpha value is -2.55. The second-order valence-electron chi connectivity index (χ2n) is 3.99. The molecule has 0 unspecified atom stereocenters. The molecule has 0 fully saturated rings. The van der Waals surface area contributed by atoms with Crippen LogP contribution in [0, 0.1) is 0 Å². The average molecular weight is 236 g/mol. The topological polar surface area (TPSA) is 48.1 Å². The number of nitrogens with zero attached hydrogens (tertiary/aromatic N) is 1. The van der Waals surface area contributed by atoms with Gasteiger partial charge in [0.25, 0.3) is 0 Å². The van der Waals surface area contributed by atoms with E-state index in [2.05, 4.69) is 17.1 Å². The summed E-state index contributed by atoms with van der Waals surface area (Å²) >= 11 is 0. The van der Waals surface area contributed by atoms with E-state index < -0.39 is 0 Å². The van der Waals surface area contributed by atoms with Gasteiger partial charge in [-0.1, -0.05) is 36.4 Å². The lowest BCUT2D eigenvalue weighted by atomic mass is 10.1. The van der Waals surface area contributed by atoms with Crippen molar-refractivity contribution in [3.63, 3.8) is 0 Å². The summed E-state index contributed by atoms with van der Waals surface area (Å²) in [4.78, 5) is 4.02. The van der Waals surface area contributed by atoms with Gasteiger partial charge in [0, 0.05) is 11.6 Å². The van der Waals surface area contributed by atoms with E-state index in [4.69, 9.17) is 10.5 Å². The molecule has 0 atom stereocenters. The summed E-state index contributed by atoms with van der Waals surface area (Å²) in [6.45, 7) is 0. The van der Waals surface area contributed by atoms with Crippen LogP contribution >= 0.6 is 0 Å². The molecule has 0 aliphatic carbocycles. The number of rotatable bonds is 2. The third-order valence-electron chi connectivity index (χ3n) is 2.79. The smallest absolute Gasteiger partial charge is 0.168 e. The highest BCUT2D eigenvalue weighted by Crippen LogP contribution is 2.31. The highest BCUT2D eigenvalue weighted by atomic mass is 16.5. The number of anilines is 1. The number of nitrogen functional groups attached to an aromatic ring is 1. The van der Waals surface area contributed by atoms with E-state index in [1.54, 1.807) is 18.5 Å². The predicted molar refractivity (Wildman–Crippen MR) is 72.7 cm³/mol. The minimum Gasteiger partial charge on any atom is -0.453 e. The molecule has 3 rings (SSSR count). The molecular formula is C15H12N2O. The van der Waals surface area contributed by atoms with Gasteiger partial charge in [-0.15, -0.1) is 0 Å². The van der Waals surface area contributed by atoms with Gasteiger partial charge >= 0.3 is 0 Å². The van der Waals surface area contributed by atoms with E-state index in [-0.39, 0.29) is 0 Å². The fourth-order valence-corrected chi connectivity index (χ4v) is 1.88. The van der Waals surface area contributed by atoms with Gasteiger partial charge in [-0.2, -0.15) is 0 Å². The van der Waals surface area contributed by atoms with Crippen LogP contribution in [-0.4, -0.2) is 4.98 Å². The van der Waals surface area contributed by atoms with Crippen LogP contribution in [0.5, 0.6) is 11.5 Å². The van der Waals surface area contributed by atoms with Crippen molar-refractivity contribution in [2.45, 2.75) is 0 Å². The Labute approximate surface area is 105 Å². The fraction of sp³-hybridized carbons (Fsp3) is 0. The van der Waals surface area contributed by atoms with E-state index in [1.165, 1.54) is 0 Å². The maximum absolute atomic E-state index is 5.85. The maximum atomic E-state index is 5.85. The molecule has 3 nitrogen and oxygen atoms in total. The summed E-state index contributed by atoms with van der Waals surface area (Å²) < 4.78 is 5.83. The number of aromatic nitrogens is 1. The van der Waals surface area contributed by atoms with E-state index in [9.17, 15) is 0 Å². The Morgan fingerprint density at radius 1 is 0.889 bits per heavy atom. The summed E-state index contributed by atoms with van der Waals surface area (Å²) in [6, 6.07) is 15.7. The summed E-state index contributed by atoms with van der Waals surface area (Å²) in [7, 11) is 0. The molecule has 0 bridgehead atoms. The van der Waals surface area contributed by atoms with E-state index in [0.717, 1.165) is 16.5 Å². The highest BCUT2D eigenvalue weighted by Gasteiger charge is 2.05. The van der Waals surface area contributed by atoms with Gasteiger partial charge in [0.1, 0.15) is 5.75 Å². The van der Waals surface area contributed by atoms with Gasteiger partial charge in [-0.05, 0) is 17.5 Å². The molecule has 2 N–H and O–H groups in total. The standard InChI is InChI=1S/C15H12N2O/c16-13-8-9-17-10-15(13)18-14-7-3-5-11-4-1-2-6-12(11)14/h1-10H,(H2,16,17). The van der Waals surface area contributed by atoms with E-state index >= 15 is 0 Å². The number of hydrogen-bond donors (Lipinski definition) is 1. The van der Waals surface area contributed by atoms with Crippen LogP contribution in [0.4, 0.5) is 5.69 Å². The first-order valence-corrected chi connectivity index (χ1v) is 5.70. The maximum Gasteiger partial charge on any atom is 0.168 e. The van der Waals surface area contributed by atoms with Gasteiger partial charge in [0.15, 0.2) is 5.75 Å². The number of ether oxygens (including phenoxy) is 1. The number of fused-ring (bicyclic) bond motifs is 1. The van der Waals surface area contributed by atoms with Crippen LogP contribution in [0.25, 0.3) is 10.8 Å². The quantitative estimate of drug-likeness (QED) is 0.739. The van der Waals surface area contributed by atoms with Crippen molar-refractivity contribution in [2.24, 2.45) is 0 Å². The molecule has 0 amide bonds. The Balaban J connectivity index is 2.08. The Morgan fingerprint density at radius 3 is 2.61 bits per heavy atom. The fourth-order valence-electron chi connectivity index (χ4n) is 1.88. The minimum atomic E-state index is 0.578. The number of benzene rings is 2. The third kappa shape index (κ3) is 1.86. The molecular weight excluding hydrogens is 224 g/mol. The third-order valence-corrected chi connectivity index (χ3v) is 2.79. The molecule has 0 aliphatic heterocycles. The van der Waals surface area contributed by atoms with Gasteiger partial charge < -0.3 is 10.5 Å². The molecule has 0 saturated heterocycles. The molecule has 0 radical (unpaired) electrons. The molecule has 18 heavy (non-hydrogen) atoms. The second kappa shape index (κ2) is 4.37. The van der Waals surface area contributed by atoms with Gasteiger partial charge in [-0.3, -0.25) is 4.98 Å². The summed E-state index contributed by atoms with van der Waals surface area (Å²) in [5.41, 5.74) is 6.43. The van der Waals surface area contributed by atoms with Crippen molar-refractivity contribution < 1.29 is 4.74 Å². The van der Waals surface area contributed by atoms with Gasteiger partial charge in [0.05, 0.1) is 11.9 Å². The summed E-state index contributed by atoms with van der Waals surface area (Å²) in [5.74, 6) is 1.36.